The first-order chi connectivity index (χ1) is 15.1. The van der Waals surface area contributed by atoms with Crippen molar-refractivity contribution in [1.29, 1.82) is 0 Å². The van der Waals surface area contributed by atoms with Crippen LogP contribution in [-0.2, 0) is 4.79 Å². The second-order valence-corrected chi connectivity index (χ2v) is 7.68. The fraction of sp³-hybridized carbons (Fsp3) is 0.261. The van der Waals surface area contributed by atoms with Gasteiger partial charge in [-0.05, 0) is 47.7 Å². The molecule has 2 heterocycles. The minimum Gasteiger partial charge on any atom is -0.504 e. The van der Waals surface area contributed by atoms with Crippen molar-refractivity contribution in [3.05, 3.63) is 71.2 Å². The molecule has 2 aromatic carbocycles. The first kappa shape index (κ1) is 19.2. The Kier molecular flexibility index (Phi) is 4.62. The lowest BCUT2D eigenvalue weighted by molar-refractivity contribution is -0.116. The van der Waals surface area contributed by atoms with Crippen molar-refractivity contribution in [2.24, 2.45) is 0 Å². The van der Waals surface area contributed by atoms with Crippen molar-refractivity contribution >= 4 is 11.7 Å². The van der Waals surface area contributed by atoms with Gasteiger partial charge in [0.25, 0.3) is 0 Å². The molecule has 1 aliphatic carbocycles. The number of phenols is 1. The van der Waals surface area contributed by atoms with E-state index in [-0.39, 0.29) is 17.5 Å². The van der Waals surface area contributed by atoms with Gasteiger partial charge in [0, 0.05) is 17.7 Å². The second-order valence-electron chi connectivity index (χ2n) is 7.68. The van der Waals surface area contributed by atoms with E-state index in [0.29, 0.717) is 30.1 Å². The molecule has 8 nitrogen and oxygen atoms in total. The van der Waals surface area contributed by atoms with Gasteiger partial charge < -0.3 is 19.9 Å². The molecule has 3 aromatic rings. The van der Waals surface area contributed by atoms with Crippen LogP contribution in [0.2, 0.25) is 0 Å². The number of carbonyl (C=O) groups is 1. The lowest BCUT2D eigenvalue weighted by Gasteiger charge is -2.35. The zero-order chi connectivity index (χ0) is 21.5. The SMILES string of the molecule is COc1ccc([C@@H]2CC(=O)C3=C(C2)Nc2ncnn2[C@@H]3c2ccc(O)c(OC)c2)cc1. The minimum absolute atomic E-state index is 0.0442. The van der Waals surface area contributed by atoms with Crippen molar-refractivity contribution < 1.29 is 19.4 Å². The average Bonchev–Trinajstić information content (AvgIpc) is 3.26. The summed E-state index contributed by atoms with van der Waals surface area (Å²) in [6.07, 6.45) is 2.56. The van der Waals surface area contributed by atoms with E-state index in [0.717, 1.165) is 22.6 Å². The number of aromatic nitrogens is 3. The number of carbonyl (C=O) groups excluding carboxylic acids is 1. The molecule has 2 atom stereocenters. The predicted octanol–water partition coefficient (Wildman–Crippen LogP) is 3.42. The number of fused-ring (bicyclic) bond motifs is 1. The number of Topliss-reactive ketones (excluding diaryl/α,β-unsaturated/α-hetero) is 1. The van der Waals surface area contributed by atoms with E-state index < -0.39 is 6.04 Å². The molecule has 31 heavy (non-hydrogen) atoms. The van der Waals surface area contributed by atoms with Crippen LogP contribution >= 0.6 is 0 Å². The standard InChI is InChI=1S/C23H22N4O4/c1-30-16-6-3-13(4-7-16)15-9-17-21(19(29)10-15)22(27-23(26-17)24-12-25-27)14-5-8-18(28)20(11-14)31-2/h3-8,11-12,15,22,28H,9-10H2,1-2H3,(H,24,25,26)/t15-,22+/m0/s1. The van der Waals surface area contributed by atoms with Crippen LogP contribution in [0.25, 0.3) is 0 Å². The normalized spacial score (nSPS) is 20.0. The summed E-state index contributed by atoms with van der Waals surface area (Å²) in [5.74, 6) is 1.89. The summed E-state index contributed by atoms with van der Waals surface area (Å²) in [7, 11) is 3.13. The summed E-state index contributed by atoms with van der Waals surface area (Å²) in [4.78, 5) is 17.7. The Morgan fingerprint density at radius 2 is 1.84 bits per heavy atom. The van der Waals surface area contributed by atoms with Gasteiger partial charge in [0.2, 0.25) is 5.95 Å². The Bertz CT molecular complexity index is 1180. The summed E-state index contributed by atoms with van der Waals surface area (Å²) in [5, 5.41) is 17.7. The van der Waals surface area contributed by atoms with Crippen molar-refractivity contribution in [3.8, 4) is 17.2 Å². The molecule has 2 N–H and O–H groups in total. The first-order valence-electron chi connectivity index (χ1n) is 10.0. The average molecular weight is 418 g/mol. The number of methoxy groups -OCH3 is 2. The molecule has 0 radical (unpaired) electrons. The number of hydrogen-bond acceptors (Lipinski definition) is 7. The Labute approximate surface area is 179 Å². The molecule has 0 amide bonds. The van der Waals surface area contributed by atoms with Gasteiger partial charge in [-0.1, -0.05) is 18.2 Å². The molecule has 158 valence electrons. The maximum atomic E-state index is 13.4. The Hall–Kier alpha value is -3.81. The second kappa shape index (κ2) is 7.46. The molecule has 8 heteroatoms. The van der Waals surface area contributed by atoms with Crippen LogP contribution in [0.15, 0.2) is 60.1 Å². The summed E-state index contributed by atoms with van der Waals surface area (Å²) >= 11 is 0. The molecular weight excluding hydrogens is 396 g/mol. The lowest BCUT2D eigenvalue weighted by Crippen LogP contribution is -2.33. The number of rotatable bonds is 4. The predicted molar refractivity (Wildman–Crippen MR) is 113 cm³/mol. The smallest absolute Gasteiger partial charge is 0.226 e. The number of nitrogens with one attached hydrogen (secondary N) is 1. The van der Waals surface area contributed by atoms with Gasteiger partial charge in [-0.25, -0.2) is 4.68 Å². The van der Waals surface area contributed by atoms with Crippen molar-refractivity contribution in [2.45, 2.75) is 24.8 Å². The zero-order valence-corrected chi connectivity index (χ0v) is 17.2. The van der Waals surface area contributed by atoms with Crippen LogP contribution in [-0.4, -0.2) is 39.9 Å². The molecular formula is C23H22N4O4. The van der Waals surface area contributed by atoms with Crippen molar-refractivity contribution in [2.75, 3.05) is 19.5 Å². The number of phenolic OH excluding ortho intramolecular Hbond substituents is 1. The number of ether oxygens (including phenoxy) is 2. The van der Waals surface area contributed by atoms with E-state index in [9.17, 15) is 9.90 Å². The number of benzene rings is 2. The fourth-order valence-electron chi connectivity index (χ4n) is 4.44. The summed E-state index contributed by atoms with van der Waals surface area (Å²) in [6, 6.07) is 12.5. The van der Waals surface area contributed by atoms with Gasteiger partial charge in [0.05, 0.1) is 14.2 Å². The van der Waals surface area contributed by atoms with Crippen LogP contribution in [0, 0.1) is 0 Å². The number of nitrogens with zero attached hydrogens (tertiary/aromatic N) is 3. The van der Waals surface area contributed by atoms with Crippen LogP contribution in [0.3, 0.4) is 0 Å². The maximum absolute atomic E-state index is 13.4. The van der Waals surface area contributed by atoms with Gasteiger partial charge in [-0.2, -0.15) is 10.1 Å². The highest BCUT2D eigenvalue weighted by molar-refractivity contribution is 6.00. The molecule has 0 saturated heterocycles. The third kappa shape index (κ3) is 3.20. The molecule has 2 aliphatic rings. The molecule has 0 saturated carbocycles. The van der Waals surface area contributed by atoms with E-state index in [1.165, 1.54) is 13.4 Å². The third-order valence-corrected chi connectivity index (χ3v) is 5.97. The van der Waals surface area contributed by atoms with Crippen LogP contribution in [0.4, 0.5) is 5.95 Å². The molecule has 5 rings (SSSR count). The van der Waals surface area contributed by atoms with E-state index >= 15 is 0 Å². The summed E-state index contributed by atoms with van der Waals surface area (Å²) in [5.41, 5.74) is 3.43. The van der Waals surface area contributed by atoms with Crippen molar-refractivity contribution in [3.63, 3.8) is 0 Å². The van der Waals surface area contributed by atoms with Gasteiger partial charge in [-0.3, -0.25) is 4.79 Å². The topological polar surface area (TPSA) is 98.5 Å². The van der Waals surface area contributed by atoms with Gasteiger partial charge >= 0.3 is 0 Å². The molecule has 0 spiro atoms. The quantitative estimate of drug-likeness (QED) is 0.670. The number of aromatic hydroxyl groups is 1. The largest absolute Gasteiger partial charge is 0.504 e. The van der Waals surface area contributed by atoms with Gasteiger partial charge in [0.15, 0.2) is 17.3 Å². The van der Waals surface area contributed by atoms with E-state index in [1.807, 2.05) is 24.3 Å². The fourth-order valence-corrected chi connectivity index (χ4v) is 4.44. The number of hydrogen-bond donors (Lipinski definition) is 2. The highest BCUT2D eigenvalue weighted by Crippen LogP contribution is 2.45. The molecule has 0 unspecified atom stereocenters. The highest BCUT2D eigenvalue weighted by Gasteiger charge is 2.39. The minimum atomic E-state index is -0.437. The molecule has 0 bridgehead atoms. The van der Waals surface area contributed by atoms with Gasteiger partial charge in [0.1, 0.15) is 18.1 Å². The van der Waals surface area contributed by atoms with Crippen LogP contribution in [0.5, 0.6) is 17.2 Å². The number of allylic oxidation sites excluding steroid dienone is 2. The monoisotopic (exact) mass is 418 g/mol. The Balaban J connectivity index is 1.57. The van der Waals surface area contributed by atoms with Crippen molar-refractivity contribution in [1.82, 2.24) is 14.8 Å². The zero-order valence-electron chi connectivity index (χ0n) is 17.2. The Morgan fingerprint density at radius 3 is 2.58 bits per heavy atom. The van der Waals surface area contributed by atoms with Crippen LogP contribution < -0.4 is 14.8 Å². The first-order valence-corrected chi connectivity index (χ1v) is 10.0. The summed E-state index contributed by atoms with van der Waals surface area (Å²) in [6.45, 7) is 0. The third-order valence-electron chi connectivity index (χ3n) is 5.97. The number of anilines is 1. The molecule has 1 aromatic heterocycles. The maximum Gasteiger partial charge on any atom is 0.226 e. The highest BCUT2D eigenvalue weighted by atomic mass is 16.5. The van der Waals surface area contributed by atoms with E-state index in [4.69, 9.17) is 9.47 Å². The Morgan fingerprint density at radius 1 is 1.06 bits per heavy atom. The van der Waals surface area contributed by atoms with Crippen LogP contribution in [0.1, 0.15) is 35.9 Å². The van der Waals surface area contributed by atoms with Gasteiger partial charge in [-0.15, -0.1) is 0 Å². The molecule has 1 aliphatic heterocycles. The van der Waals surface area contributed by atoms with E-state index in [1.54, 1.807) is 30.0 Å². The molecule has 0 fully saturated rings. The summed E-state index contributed by atoms with van der Waals surface area (Å²) < 4.78 is 12.2. The lowest BCUT2D eigenvalue weighted by atomic mass is 9.78. The number of ketones is 1. The van der Waals surface area contributed by atoms with E-state index in [2.05, 4.69) is 15.4 Å².